The SMILES string of the molecule is O=C(CO/N=C\c1ccc2c(c1)OCO2)Nc1ccc2c(c1)CCC2. The summed E-state index contributed by atoms with van der Waals surface area (Å²) in [6.45, 7) is 0.0907. The fraction of sp³-hybridized carbons (Fsp3) is 0.263. The Morgan fingerprint density at radius 3 is 2.96 bits per heavy atom. The molecule has 0 aromatic heterocycles. The van der Waals surface area contributed by atoms with E-state index < -0.39 is 0 Å². The van der Waals surface area contributed by atoms with Crippen molar-refractivity contribution in [1.29, 1.82) is 0 Å². The van der Waals surface area contributed by atoms with E-state index in [2.05, 4.69) is 16.5 Å². The molecule has 6 nitrogen and oxygen atoms in total. The predicted molar refractivity (Wildman–Crippen MR) is 93.2 cm³/mol. The lowest BCUT2D eigenvalue weighted by Gasteiger charge is -2.06. The van der Waals surface area contributed by atoms with Gasteiger partial charge in [0, 0.05) is 11.3 Å². The maximum atomic E-state index is 11.9. The van der Waals surface area contributed by atoms with Crippen LogP contribution in [0.25, 0.3) is 0 Å². The molecule has 0 unspecified atom stereocenters. The maximum absolute atomic E-state index is 11.9. The average molecular weight is 338 g/mol. The highest BCUT2D eigenvalue weighted by atomic mass is 16.7. The number of oxime groups is 1. The van der Waals surface area contributed by atoms with Crippen molar-refractivity contribution in [3.63, 3.8) is 0 Å². The molecule has 1 N–H and O–H groups in total. The Bertz CT molecular complexity index is 832. The van der Waals surface area contributed by atoms with Crippen LogP contribution in [-0.4, -0.2) is 25.5 Å². The number of nitrogens with one attached hydrogen (secondary N) is 1. The molecule has 2 aliphatic rings. The van der Waals surface area contributed by atoms with Crippen LogP contribution in [0.2, 0.25) is 0 Å². The molecule has 0 fully saturated rings. The zero-order chi connectivity index (χ0) is 17.1. The molecule has 1 heterocycles. The topological polar surface area (TPSA) is 69.2 Å². The van der Waals surface area contributed by atoms with Gasteiger partial charge in [-0.25, -0.2) is 0 Å². The van der Waals surface area contributed by atoms with Crippen LogP contribution >= 0.6 is 0 Å². The third kappa shape index (κ3) is 3.57. The first-order chi connectivity index (χ1) is 12.3. The molecular weight excluding hydrogens is 320 g/mol. The summed E-state index contributed by atoms with van der Waals surface area (Å²) in [5, 5.41) is 6.65. The standard InChI is InChI=1S/C19H18N2O4/c22-19(21-16-6-5-14-2-1-3-15(14)9-16)11-25-20-10-13-4-7-17-18(8-13)24-12-23-17/h4-10H,1-3,11-12H2,(H,21,22)/b20-10-. The average Bonchev–Trinajstić information content (AvgIpc) is 3.26. The van der Waals surface area contributed by atoms with Gasteiger partial charge in [0.05, 0.1) is 6.21 Å². The van der Waals surface area contributed by atoms with E-state index in [1.54, 1.807) is 6.07 Å². The smallest absolute Gasteiger partial charge is 0.265 e. The number of amides is 1. The van der Waals surface area contributed by atoms with E-state index in [4.69, 9.17) is 14.3 Å². The van der Waals surface area contributed by atoms with E-state index >= 15 is 0 Å². The lowest BCUT2D eigenvalue weighted by atomic mass is 10.1. The number of nitrogens with zero attached hydrogens (tertiary/aromatic N) is 1. The summed E-state index contributed by atoms with van der Waals surface area (Å²) in [6.07, 6.45) is 4.92. The second-order valence-corrected chi connectivity index (χ2v) is 6.01. The van der Waals surface area contributed by atoms with Crippen LogP contribution in [0.5, 0.6) is 11.5 Å². The molecule has 1 amide bonds. The second-order valence-electron chi connectivity index (χ2n) is 6.01. The van der Waals surface area contributed by atoms with Gasteiger partial charge in [0.25, 0.3) is 5.91 Å². The number of hydrogen-bond donors (Lipinski definition) is 1. The van der Waals surface area contributed by atoms with Gasteiger partial charge < -0.3 is 19.6 Å². The van der Waals surface area contributed by atoms with Crippen LogP contribution < -0.4 is 14.8 Å². The van der Waals surface area contributed by atoms with E-state index in [1.807, 2.05) is 24.3 Å². The van der Waals surface area contributed by atoms with Crippen molar-refractivity contribution in [2.75, 3.05) is 18.7 Å². The van der Waals surface area contributed by atoms with Gasteiger partial charge in [-0.2, -0.15) is 0 Å². The summed E-state index contributed by atoms with van der Waals surface area (Å²) < 4.78 is 10.5. The number of ether oxygens (including phenoxy) is 2. The molecule has 2 aromatic carbocycles. The van der Waals surface area contributed by atoms with Gasteiger partial charge in [0.15, 0.2) is 18.1 Å². The van der Waals surface area contributed by atoms with Gasteiger partial charge in [0.2, 0.25) is 6.79 Å². The zero-order valence-electron chi connectivity index (χ0n) is 13.7. The van der Waals surface area contributed by atoms with Crippen LogP contribution in [0.15, 0.2) is 41.6 Å². The number of anilines is 1. The van der Waals surface area contributed by atoms with E-state index in [0.29, 0.717) is 11.5 Å². The van der Waals surface area contributed by atoms with Crippen molar-refractivity contribution in [3.05, 3.63) is 53.1 Å². The molecule has 4 rings (SSSR count). The molecule has 1 aliphatic carbocycles. The summed E-state index contributed by atoms with van der Waals surface area (Å²) >= 11 is 0. The summed E-state index contributed by atoms with van der Waals surface area (Å²) in [5.74, 6) is 1.16. The third-order valence-electron chi connectivity index (χ3n) is 4.25. The fourth-order valence-electron chi connectivity index (χ4n) is 3.03. The minimum Gasteiger partial charge on any atom is -0.454 e. The number of carbonyl (C=O) groups excluding carboxylic acids is 1. The molecule has 0 spiro atoms. The number of benzene rings is 2. The van der Waals surface area contributed by atoms with Gasteiger partial charge in [-0.3, -0.25) is 4.79 Å². The first kappa shape index (κ1) is 15.5. The van der Waals surface area contributed by atoms with Gasteiger partial charge in [-0.15, -0.1) is 0 Å². The summed E-state index contributed by atoms with van der Waals surface area (Å²) in [4.78, 5) is 17.0. The lowest BCUT2D eigenvalue weighted by molar-refractivity contribution is -0.120. The molecule has 2 aromatic rings. The molecule has 0 radical (unpaired) electrons. The molecule has 1 aliphatic heterocycles. The first-order valence-electron chi connectivity index (χ1n) is 8.24. The van der Waals surface area contributed by atoms with Crippen molar-refractivity contribution in [1.82, 2.24) is 0 Å². The molecule has 0 saturated heterocycles. The molecule has 25 heavy (non-hydrogen) atoms. The maximum Gasteiger partial charge on any atom is 0.265 e. The number of carbonyl (C=O) groups is 1. The van der Waals surface area contributed by atoms with Gasteiger partial charge in [-0.05, 0) is 60.7 Å². The van der Waals surface area contributed by atoms with E-state index in [0.717, 1.165) is 24.1 Å². The lowest BCUT2D eigenvalue weighted by Crippen LogP contribution is -2.17. The highest BCUT2D eigenvalue weighted by Gasteiger charge is 2.13. The van der Waals surface area contributed by atoms with Gasteiger partial charge in [-0.1, -0.05) is 11.2 Å². The minimum absolute atomic E-state index is 0.141. The highest BCUT2D eigenvalue weighted by molar-refractivity contribution is 5.92. The monoisotopic (exact) mass is 338 g/mol. The summed E-state index contributed by atoms with van der Waals surface area (Å²) in [6, 6.07) is 11.5. The molecule has 0 bridgehead atoms. The Kier molecular flexibility index (Phi) is 4.24. The second kappa shape index (κ2) is 6.84. The quantitative estimate of drug-likeness (QED) is 0.672. The minimum atomic E-state index is -0.235. The zero-order valence-corrected chi connectivity index (χ0v) is 13.7. The molecule has 6 heteroatoms. The van der Waals surface area contributed by atoms with Crippen molar-refractivity contribution >= 4 is 17.8 Å². The number of fused-ring (bicyclic) bond motifs is 2. The Hall–Kier alpha value is -3.02. The predicted octanol–water partition coefficient (Wildman–Crippen LogP) is 2.89. The van der Waals surface area contributed by atoms with Crippen molar-refractivity contribution in [2.45, 2.75) is 19.3 Å². The number of rotatable bonds is 5. The molecular formula is C19H18N2O4. The van der Waals surface area contributed by atoms with Crippen LogP contribution in [0.1, 0.15) is 23.1 Å². The van der Waals surface area contributed by atoms with Crippen molar-refractivity contribution in [2.24, 2.45) is 5.16 Å². The van der Waals surface area contributed by atoms with Crippen LogP contribution in [0.3, 0.4) is 0 Å². The van der Waals surface area contributed by atoms with Crippen LogP contribution in [0.4, 0.5) is 5.69 Å². The Morgan fingerprint density at radius 2 is 2.00 bits per heavy atom. The Labute approximate surface area is 145 Å². The third-order valence-corrected chi connectivity index (χ3v) is 4.25. The van der Waals surface area contributed by atoms with Crippen molar-refractivity contribution < 1.29 is 19.1 Å². The van der Waals surface area contributed by atoms with Gasteiger partial charge in [0.1, 0.15) is 0 Å². The van der Waals surface area contributed by atoms with E-state index in [1.165, 1.54) is 23.8 Å². The fourth-order valence-corrected chi connectivity index (χ4v) is 3.03. The van der Waals surface area contributed by atoms with E-state index in [-0.39, 0.29) is 19.3 Å². The molecule has 0 saturated carbocycles. The first-order valence-corrected chi connectivity index (χ1v) is 8.24. The number of hydrogen-bond acceptors (Lipinski definition) is 5. The highest BCUT2D eigenvalue weighted by Crippen LogP contribution is 2.32. The summed E-state index contributed by atoms with van der Waals surface area (Å²) in [7, 11) is 0. The Morgan fingerprint density at radius 1 is 1.12 bits per heavy atom. The van der Waals surface area contributed by atoms with Crippen LogP contribution in [0, 0.1) is 0 Å². The van der Waals surface area contributed by atoms with Crippen molar-refractivity contribution in [3.8, 4) is 11.5 Å². The van der Waals surface area contributed by atoms with E-state index in [9.17, 15) is 4.79 Å². The normalized spacial score (nSPS) is 14.6. The van der Waals surface area contributed by atoms with Crippen LogP contribution in [-0.2, 0) is 22.5 Å². The largest absolute Gasteiger partial charge is 0.454 e. The summed E-state index contributed by atoms with van der Waals surface area (Å²) in [5.41, 5.74) is 4.31. The van der Waals surface area contributed by atoms with Gasteiger partial charge >= 0.3 is 0 Å². The Balaban J connectivity index is 1.27. The molecule has 0 atom stereocenters. The molecule has 128 valence electrons. The number of aryl methyl sites for hydroxylation is 2.